The van der Waals surface area contributed by atoms with Gasteiger partial charge >= 0.3 is 0 Å². The summed E-state index contributed by atoms with van der Waals surface area (Å²) in [5.41, 5.74) is 2.08. The Morgan fingerprint density at radius 1 is 1.09 bits per heavy atom. The molecule has 2 aromatic rings. The van der Waals surface area contributed by atoms with Gasteiger partial charge in [0.25, 0.3) is 5.91 Å². The van der Waals surface area contributed by atoms with Crippen molar-refractivity contribution >= 4 is 11.6 Å². The molecule has 0 saturated carbocycles. The van der Waals surface area contributed by atoms with Gasteiger partial charge in [0.05, 0.1) is 0 Å². The first-order valence-electron chi connectivity index (χ1n) is 7.90. The number of benzene rings is 1. The minimum atomic E-state index is -0.211. The molecule has 0 bridgehead atoms. The molecule has 0 atom stereocenters. The van der Waals surface area contributed by atoms with E-state index in [0.29, 0.717) is 5.76 Å². The summed E-state index contributed by atoms with van der Waals surface area (Å²) in [6.07, 6.45) is 3.96. The molecule has 1 amide bonds. The monoisotopic (exact) mass is 298 g/mol. The largest absolute Gasteiger partial charge is 0.456 e. The number of hydrogen-bond acceptors (Lipinski definition) is 3. The first kappa shape index (κ1) is 14.9. The zero-order valence-electron chi connectivity index (χ0n) is 13.0. The number of nitrogens with one attached hydrogen (secondary N) is 1. The second-order valence-corrected chi connectivity index (χ2v) is 5.90. The highest BCUT2D eigenvalue weighted by atomic mass is 16.3. The van der Waals surface area contributed by atoms with Gasteiger partial charge in [-0.3, -0.25) is 9.69 Å². The molecule has 0 radical (unpaired) electrons. The number of hydrogen-bond donors (Lipinski definition) is 1. The lowest BCUT2D eigenvalue weighted by atomic mass is 10.1. The minimum Gasteiger partial charge on any atom is -0.456 e. The summed E-state index contributed by atoms with van der Waals surface area (Å²) in [4.78, 5) is 14.5. The highest BCUT2D eigenvalue weighted by Gasteiger charge is 2.12. The molecule has 4 nitrogen and oxygen atoms in total. The minimum absolute atomic E-state index is 0.211. The van der Waals surface area contributed by atoms with Gasteiger partial charge in [-0.15, -0.1) is 0 Å². The molecular weight excluding hydrogens is 276 g/mol. The van der Waals surface area contributed by atoms with Gasteiger partial charge in [0.2, 0.25) is 0 Å². The van der Waals surface area contributed by atoms with Crippen molar-refractivity contribution < 1.29 is 9.21 Å². The summed E-state index contributed by atoms with van der Waals surface area (Å²) in [6, 6.07) is 11.5. The van der Waals surface area contributed by atoms with Crippen molar-refractivity contribution in [2.45, 2.75) is 32.7 Å². The Bertz CT molecular complexity index is 625. The highest BCUT2D eigenvalue weighted by molar-refractivity contribution is 6.02. The van der Waals surface area contributed by atoms with Crippen LogP contribution in [-0.4, -0.2) is 23.9 Å². The number of anilines is 1. The van der Waals surface area contributed by atoms with Crippen molar-refractivity contribution in [3.63, 3.8) is 0 Å². The van der Waals surface area contributed by atoms with E-state index in [9.17, 15) is 4.79 Å². The third-order valence-corrected chi connectivity index (χ3v) is 4.03. The van der Waals surface area contributed by atoms with Crippen molar-refractivity contribution in [3.05, 3.63) is 53.5 Å². The van der Waals surface area contributed by atoms with Crippen LogP contribution in [0.2, 0.25) is 0 Å². The number of carbonyl (C=O) groups is 1. The van der Waals surface area contributed by atoms with E-state index in [-0.39, 0.29) is 5.91 Å². The molecule has 1 aliphatic rings. The van der Waals surface area contributed by atoms with E-state index in [1.165, 1.54) is 37.9 Å². The molecule has 1 aromatic heterocycles. The number of aryl methyl sites for hydroxylation is 1. The molecule has 0 unspecified atom stereocenters. The SMILES string of the molecule is Cc1ccc(C(=O)Nc2ccc(CN3CCCCC3)cc2)o1. The highest BCUT2D eigenvalue weighted by Crippen LogP contribution is 2.16. The standard InChI is InChI=1S/C18H22N2O2/c1-14-5-10-17(22-14)18(21)19-16-8-6-15(7-9-16)13-20-11-3-2-4-12-20/h5-10H,2-4,11-13H2,1H3,(H,19,21). The zero-order chi connectivity index (χ0) is 15.4. The third kappa shape index (κ3) is 3.77. The average molecular weight is 298 g/mol. The second-order valence-electron chi connectivity index (χ2n) is 5.90. The number of amides is 1. The first-order chi connectivity index (χ1) is 10.7. The average Bonchev–Trinajstić information content (AvgIpc) is 2.97. The number of rotatable bonds is 4. The molecule has 1 saturated heterocycles. The topological polar surface area (TPSA) is 45.5 Å². The van der Waals surface area contributed by atoms with E-state index >= 15 is 0 Å². The summed E-state index contributed by atoms with van der Waals surface area (Å²) in [5, 5.41) is 2.86. The molecule has 2 heterocycles. The number of nitrogens with zero attached hydrogens (tertiary/aromatic N) is 1. The summed E-state index contributed by atoms with van der Waals surface area (Å²) >= 11 is 0. The molecule has 3 rings (SSSR count). The van der Waals surface area contributed by atoms with Gasteiger partial charge in [-0.1, -0.05) is 18.6 Å². The fraction of sp³-hybridized carbons (Fsp3) is 0.389. The molecule has 116 valence electrons. The van der Waals surface area contributed by atoms with E-state index in [1.807, 2.05) is 19.1 Å². The molecule has 1 aliphatic heterocycles. The summed E-state index contributed by atoms with van der Waals surface area (Å²) < 4.78 is 5.32. The van der Waals surface area contributed by atoms with Gasteiger partial charge in [0.1, 0.15) is 5.76 Å². The molecule has 1 fully saturated rings. The Kier molecular flexibility index (Phi) is 4.59. The van der Waals surface area contributed by atoms with Crippen LogP contribution in [0.4, 0.5) is 5.69 Å². The van der Waals surface area contributed by atoms with Gasteiger partial charge in [0.15, 0.2) is 5.76 Å². The predicted molar refractivity (Wildman–Crippen MR) is 87.0 cm³/mol. The normalized spacial score (nSPS) is 15.7. The molecule has 1 aromatic carbocycles. The first-order valence-corrected chi connectivity index (χ1v) is 7.90. The maximum absolute atomic E-state index is 12.0. The Balaban J connectivity index is 1.58. The Labute approximate surface area is 131 Å². The Hall–Kier alpha value is -2.07. The van der Waals surface area contributed by atoms with Crippen molar-refractivity contribution in [2.24, 2.45) is 0 Å². The number of carbonyl (C=O) groups excluding carboxylic acids is 1. The molecule has 22 heavy (non-hydrogen) atoms. The lowest BCUT2D eigenvalue weighted by Crippen LogP contribution is -2.29. The zero-order valence-corrected chi connectivity index (χ0v) is 13.0. The summed E-state index contributed by atoms with van der Waals surface area (Å²) in [6.45, 7) is 5.20. The fourth-order valence-corrected chi connectivity index (χ4v) is 2.82. The van der Waals surface area contributed by atoms with E-state index in [1.54, 1.807) is 12.1 Å². The molecule has 1 N–H and O–H groups in total. The van der Waals surface area contributed by atoms with Crippen LogP contribution in [0.1, 0.15) is 41.1 Å². The van der Waals surface area contributed by atoms with Gasteiger partial charge in [-0.25, -0.2) is 0 Å². The maximum Gasteiger partial charge on any atom is 0.291 e. The molecule has 0 aliphatic carbocycles. The van der Waals surface area contributed by atoms with Gasteiger partial charge < -0.3 is 9.73 Å². The molecule has 0 spiro atoms. The van der Waals surface area contributed by atoms with Gasteiger partial charge in [0, 0.05) is 12.2 Å². The molecular formula is C18H22N2O2. The smallest absolute Gasteiger partial charge is 0.291 e. The lowest BCUT2D eigenvalue weighted by Gasteiger charge is -2.26. The summed E-state index contributed by atoms with van der Waals surface area (Å²) in [7, 11) is 0. The van der Waals surface area contributed by atoms with Crippen LogP contribution < -0.4 is 5.32 Å². The Morgan fingerprint density at radius 2 is 1.82 bits per heavy atom. The fourth-order valence-electron chi connectivity index (χ4n) is 2.82. The van der Waals surface area contributed by atoms with Crippen LogP contribution in [0, 0.1) is 6.92 Å². The number of piperidine rings is 1. The van der Waals surface area contributed by atoms with Crippen molar-refractivity contribution in [3.8, 4) is 0 Å². The number of furan rings is 1. The maximum atomic E-state index is 12.0. The predicted octanol–water partition coefficient (Wildman–Crippen LogP) is 3.83. The lowest BCUT2D eigenvalue weighted by molar-refractivity contribution is 0.0995. The second kappa shape index (κ2) is 6.79. The van der Waals surface area contributed by atoms with Gasteiger partial charge in [-0.05, 0) is 62.7 Å². The van der Waals surface area contributed by atoms with E-state index < -0.39 is 0 Å². The van der Waals surface area contributed by atoms with Crippen LogP contribution >= 0.6 is 0 Å². The quantitative estimate of drug-likeness (QED) is 0.933. The van der Waals surface area contributed by atoms with E-state index in [2.05, 4.69) is 22.3 Å². The van der Waals surface area contributed by atoms with E-state index in [4.69, 9.17) is 4.42 Å². The Morgan fingerprint density at radius 3 is 2.45 bits per heavy atom. The van der Waals surface area contributed by atoms with Crippen molar-refractivity contribution in [2.75, 3.05) is 18.4 Å². The van der Waals surface area contributed by atoms with Crippen LogP contribution in [-0.2, 0) is 6.54 Å². The van der Waals surface area contributed by atoms with Crippen LogP contribution in [0.3, 0.4) is 0 Å². The summed E-state index contributed by atoms with van der Waals surface area (Å²) in [5.74, 6) is 0.869. The van der Waals surface area contributed by atoms with Crippen LogP contribution in [0.15, 0.2) is 40.8 Å². The van der Waals surface area contributed by atoms with E-state index in [0.717, 1.165) is 18.0 Å². The van der Waals surface area contributed by atoms with Crippen molar-refractivity contribution in [1.82, 2.24) is 4.90 Å². The van der Waals surface area contributed by atoms with Crippen LogP contribution in [0.25, 0.3) is 0 Å². The molecule has 4 heteroatoms. The number of likely N-dealkylation sites (tertiary alicyclic amines) is 1. The van der Waals surface area contributed by atoms with Crippen LogP contribution in [0.5, 0.6) is 0 Å². The van der Waals surface area contributed by atoms with Gasteiger partial charge in [-0.2, -0.15) is 0 Å². The van der Waals surface area contributed by atoms with Crippen molar-refractivity contribution in [1.29, 1.82) is 0 Å². The third-order valence-electron chi connectivity index (χ3n) is 4.03.